The second kappa shape index (κ2) is 5.36. The number of carbonyl (C=O) groups excluding carboxylic acids is 1. The summed E-state index contributed by atoms with van der Waals surface area (Å²) in [7, 11) is 0. The van der Waals surface area contributed by atoms with Crippen molar-refractivity contribution in [2.24, 2.45) is 4.99 Å². The minimum Gasteiger partial charge on any atom is -0.468 e. The van der Waals surface area contributed by atoms with Crippen LogP contribution in [0.4, 0.5) is 0 Å². The summed E-state index contributed by atoms with van der Waals surface area (Å²) in [4.78, 5) is 17.8. The predicted molar refractivity (Wildman–Crippen MR) is 85.3 cm³/mol. The average molecular weight is 319 g/mol. The maximum absolute atomic E-state index is 12.9. The van der Waals surface area contributed by atoms with E-state index in [0.717, 1.165) is 37.8 Å². The summed E-state index contributed by atoms with van der Waals surface area (Å²) in [6.45, 7) is 0.977. The number of fused-ring (bicyclic) bond motifs is 2. The number of ether oxygens (including phenoxy) is 1. The summed E-state index contributed by atoms with van der Waals surface area (Å²) < 4.78 is 5.93. The first kappa shape index (κ1) is 14.2. The molecule has 2 heterocycles. The lowest BCUT2D eigenvalue weighted by atomic mass is 9.73. The lowest BCUT2D eigenvalue weighted by Gasteiger charge is -2.42. The Morgan fingerprint density at radius 1 is 1.27 bits per heavy atom. The maximum Gasteiger partial charge on any atom is 0.205 e. The van der Waals surface area contributed by atoms with Crippen molar-refractivity contribution >= 4 is 23.3 Å². The minimum absolute atomic E-state index is 0.0635. The zero-order valence-electron chi connectivity index (χ0n) is 12.3. The summed E-state index contributed by atoms with van der Waals surface area (Å²) in [6, 6.07) is 7.70. The topological polar surface area (TPSA) is 50.7 Å². The molecule has 1 N–H and O–H groups in total. The molecule has 0 spiro atoms. The van der Waals surface area contributed by atoms with Gasteiger partial charge in [0.05, 0.1) is 6.04 Å². The standard InChI is InChI=1S/C17H19ClN2O2/c18-12-6-2-1-5-11(12)17-9-3-8-14(15(17)21)22-16(20-17)13-7-4-10-19-13/h1-2,5-6,13-14,19H,3-4,7-10H2/t13?,14-,17-/m1/s1. The van der Waals surface area contributed by atoms with Gasteiger partial charge in [-0.25, -0.2) is 4.99 Å². The van der Waals surface area contributed by atoms with E-state index in [4.69, 9.17) is 21.3 Å². The molecule has 1 unspecified atom stereocenters. The molecular formula is C17H19ClN2O2. The van der Waals surface area contributed by atoms with Crippen LogP contribution in [0.2, 0.25) is 5.02 Å². The number of halogens is 1. The van der Waals surface area contributed by atoms with Crippen LogP contribution in [0, 0.1) is 0 Å². The first-order valence-corrected chi connectivity index (χ1v) is 8.38. The van der Waals surface area contributed by atoms with Gasteiger partial charge >= 0.3 is 0 Å². The number of Topliss-reactive ketones (excluding diaryl/α,β-unsaturated/α-hetero) is 1. The Morgan fingerprint density at radius 3 is 2.91 bits per heavy atom. The van der Waals surface area contributed by atoms with Crippen molar-refractivity contribution in [1.29, 1.82) is 0 Å². The van der Waals surface area contributed by atoms with Crippen molar-refractivity contribution < 1.29 is 9.53 Å². The Kier molecular flexibility index (Phi) is 3.46. The van der Waals surface area contributed by atoms with E-state index in [-0.39, 0.29) is 17.9 Å². The number of benzene rings is 1. The van der Waals surface area contributed by atoms with Crippen molar-refractivity contribution in [3.05, 3.63) is 34.9 Å². The van der Waals surface area contributed by atoms with E-state index < -0.39 is 5.54 Å². The number of rotatable bonds is 2. The molecule has 1 aliphatic carbocycles. The van der Waals surface area contributed by atoms with Gasteiger partial charge in [-0.3, -0.25) is 4.79 Å². The fourth-order valence-corrected chi connectivity index (χ4v) is 4.12. The molecule has 2 bridgehead atoms. The zero-order valence-corrected chi connectivity index (χ0v) is 13.1. The number of nitrogens with one attached hydrogen (secondary N) is 1. The third-order valence-electron chi connectivity index (χ3n) is 4.95. The van der Waals surface area contributed by atoms with Gasteiger partial charge in [-0.15, -0.1) is 0 Å². The van der Waals surface area contributed by atoms with Crippen molar-refractivity contribution in [1.82, 2.24) is 5.32 Å². The molecule has 1 aromatic carbocycles. The first-order valence-electron chi connectivity index (χ1n) is 8.00. The molecule has 0 radical (unpaired) electrons. The summed E-state index contributed by atoms with van der Waals surface area (Å²) in [6.07, 6.45) is 4.17. The highest BCUT2D eigenvalue weighted by atomic mass is 35.5. The van der Waals surface area contributed by atoms with E-state index in [9.17, 15) is 4.79 Å². The Morgan fingerprint density at radius 2 is 2.14 bits per heavy atom. The molecule has 1 saturated heterocycles. The van der Waals surface area contributed by atoms with Crippen molar-refractivity contribution in [3.63, 3.8) is 0 Å². The lowest BCUT2D eigenvalue weighted by molar-refractivity contribution is -0.137. The molecule has 22 heavy (non-hydrogen) atoms. The zero-order chi connectivity index (χ0) is 15.2. The molecule has 2 aliphatic heterocycles. The highest BCUT2D eigenvalue weighted by Gasteiger charge is 2.52. The van der Waals surface area contributed by atoms with Crippen LogP contribution < -0.4 is 5.32 Å². The molecule has 4 rings (SSSR count). The normalized spacial score (nSPS) is 34.2. The van der Waals surface area contributed by atoms with E-state index in [2.05, 4.69) is 5.32 Å². The van der Waals surface area contributed by atoms with E-state index in [0.29, 0.717) is 17.3 Å². The van der Waals surface area contributed by atoms with Crippen LogP contribution in [0.15, 0.2) is 29.3 Å². The maximum atomic E-state index is 12.9. The van der Waals surface area contributed by atoms with Crippen molar-refractivity contribution in [3.8, 4) is 0 Å². The van der Waals surface area contributed by atoms with Gasteiger partial charge < -0.3 is 10.1 Å². The smallest absolute Gasteiger partial charge is 0.205 e. The molecule has 0 amide bonds. The van der Waals surface area contributed by atoms with E-state index >= 15 is 0 Å². The minimum atomic E-state index is -0.848. The molecule has 2 fully saturated rings. The second-order valence-electron chi connectivity index (χ2n) is 6.30. The van der Waals surface area contributed by atoms with Crippen LogP contribution in [0.5, 0.6) is 0 Å². The molecule has 5 heteroatoms. The SMILES string of the molecule is O=C1[C@H]2CCC[C@]1(c1ccccc1Cl)N=C(C1CCCN1)O2. The van der Waals surface area contributed by atoms with Gasteiger partial charge in [0.1, 0.15) is 0 Å². The number of ketones is 1. The average Bonchev–Trinajstić information content (AvgIpc) is 3.02. The lowest BCUT2D eigenvalue weighted by Crippen LogP contribution is -2.53. The molecule has 1 saturated carbocycles. The number of carbonyl (C=O) groups is 1. The van der Waals surface area contributed by atoms with Crippen LogP contribution in [0.3, 0.4) is 0 Å². The van der Waals surface area contributed by atoms with Gasteiger partial charge in [-0.05, 0) is 44.7 Å². The Bertz CT molecular complexity index is 639. The monoisotopic (exact) mass is 318 g/mol. The quantitative estimate of drug-likeness (QED) is 0.912. The molecule has 0 aromatic heterocycles. The first-order chi connectivity index (χ1) is 10.7. The number of aliphatic imine (C=N–C) groups is 1. The van der Waals surface area contributed by atoms with Gasteiger partial charge in [0.25, 0.3) is 0 Å². The molecule has 116 valence electrons. The Balaban J connectivity index is 1.84. The predicted octanol–water partition coefficient (Wildman–Crippen LogP) is 2.84. The van der Waals surface area contributed by atoms with Crippen LogP contribution in [0.1, 0.15) is 37.7 Å². The van der Waals surface area contributed by atoms with Gasteiger partial charge in [0.15, 0.2) is 11.6 Å². The highest BCUT2D eigenvalue weighted by Crippen LogP contribution is 2.44. The molecule has 4 nitrogen and oxygen atoms in total. The summed E-state index contributed by atoms with van der Waals surface area (Å²) in [5, 5.41) is 4.03. The summed E-state index contributed by atoms with van der Waals surface area (Å²) in [5.41, 5.74) is -0.0239. The Labute approximate surface area is 134 Å². The van der Waals surface area contributed by atoms with Crippen molar-refractivity contribution in [2.45, 2.75) is 49.8 Å². The number of hydrogen-bond acceptors (Lipinski definition) is 4. The van der Waals surface area contributed by atoms with E-state index in [1.54, 1.807) is 0 Å². The second-order valence-corrected chi connectivity index (χ2v) is 6.71. The van der Waals surface area contributed by atoms with Gasteiger partial charge in [-0.2, -0.15) is 0 Å². The summed E-state index contributed by atoms with van der Waals surface area (Å²) in [5.74, 6) is 0.760. The Hall–Kier alpha value is -1.39. The third kappa shape index (κ3) is 2.09. The number of hydrogen-bond donors (Lipinski definition) is 1. The van der Waals surface area contributed by atoms with Crippen LogP contribution in [-0.2, 0) is 15.1 Å². The van der Waals surface area contributed by atoms with Crippen LogP contribution in [0.25, 0.3) is 0 Å². The molecule has 3 atom stereocenters. The van der Waals surface area contributed by atoms with Gasteiger partial charge in [0.2, 0.25) is 11.7 Å². The molecule has 3 aliphatic rings. The third-order valence-corrected chi connectivity index (χ3v) is 5.28. The van der Waals surface area contributed by atoms with E-state index in [1.165, 1.54) is 0 Å². The number of nitrogens with zero attached hydrogens (tertiary/aromatic N) is 1. The van der Waals surface area contributed by atoms with E-state index in [1.807, 2.05) is 24.3 Å². The van der Waals surface area contributed by atoms with Gasteiger partial charge in [-0.1, -0.05) is 29.8 Å². The fraction of sp³-hybridized carbons (Fsp3) is 0.529. The molecule has 1 aromatic rings. The largest absolute Gasteiger partial charge is 0.468 e. The van der Waals surface area contributed by atoms with Crippen LogP contribution >= 0.6 is 11.6 Å². The van der Waals surface area contributed by atoms with Crippen molar-refractivity contribution in [2.75, 3.05) is 6.54 Å². The summed E-state index contributed by atoms with van der Waals surface area (Å²) >= 11 is 6.39. The fourth-order valence-electron chi connectivity index (χ4n) is 3.83. The van der Waals surface area contributed by atoms with Crippen LogP contribution in [-0.4, -0.2) is 30.4 Å². The molecular weight excluding hydrogens is 300 g/mol. The highest BCUT2D eigenvalue weighted by molar-refractivity contribution is 6.32. The van der Waals surface area contributed by atoms with Gasteiger partial charge in [0, 0.05) is 10.6 Å².